The number of amides is 1. The summed E-state index contributed by atoms with van der Waals surface area (Å²) in [7, 11) is 0. The molecule has 2 rings (SSSR count). The molecule has 1 saturated carbocycles. The molecule has 1 aliphatic carbocycles. The smallest absolute Gasteiger partial charge is 0.223 e. The number of hydrogen-bond acceptors (Lipinski definition) is 4. The quantitative estimate of drug-likeness (QED) is 0.807. The van der Waals surface area contributed by atoms with Crippen molar-refractivity contribution in [3.05, 3.63) is 24.0 Å². The SMILES string of the molecule is CC(C)(C)NCc1ccc(OCCC(=O)NC2CC2)cn1. The lowest BCUT2D eigenvalue weighted by molar-refractivity contribution is -0.121. The summed E-state index contributed by atoms with van der Waals surface area (Å²) < 4.78 is 5.54. The van der Waals surface area contributed by atoms with Crippen molar-refractivity contribution in [2.45, 2.75) is 58.2 Å². The number of nitrogens with one attached hydrogen (secondary N) is 2. The molecule has 5 heteroatoms. The van der Waals surface area contributed by atoms with Gasteiger partial charge in [-0.1, -0.05) is 0 Å². The number of carbonyl (C=O) groups is 1. The molecule has 0 radical (unpaired) electrons. The molecular weight excluding hydrogens is 266 g/mol. The van der Waals surface area contributed by atoms with Crippen LogP contribution in [0.3, 0.4) is 0 Å². The van der Waals surface area contributed by atoms with Gasteiger partial charge < -0.3 is 15.4 Å². The third-order valence-electron chi connectivity index (χ3n) is 3.14. The Labute approximate surface area is 126 Å². The van der Waals surface area contributed by atoms with Gasteiger partial charge in [-0.3, -0.25) is 9.78 Å². The lowest BCUT2D eigenvalue weighted by Crippen LogP contribution is -2.35. The van der Waals surface area contributed by atoms with Crippen LogP contribution in [0.1, 0.15) is 45.7 Å². The highest BCUT2D eigenvalue weighted by molar-refractivity contribution is 5.76. The van der Waals surface area contributed by atoms with Crippen molar-refractivity contribution in [2.75, 3.05) is 6.61 Å². The normalized spacial score (nSPS) is 14.8. The number of ether oxygens (including phenoxy) is 1. The van der Waals surface area contributed by atoms with Gasteiger partial charge in [0.05, 0.1) is 24.9 Å². The Morgan fingerprint density at radius 3 is 2.71 bits per heavy atom. The van der Waals surface area contributed by atoms with Gasteiger partial charge in [0.25, 0.3) is 0 Å². The average molecular weight is 291 g/mol. The maximum absolute atomic E-state index is 11.5. The van der Waals surface area contributed by atoms with E-state index in [-0.39, 0.29) is 11.4 Å². The Kier molecular flexibility index (Phi) is 5.17. The van der Waals surface area contributed by atoms with Gasteiger partial charge in [-0.05, 0) is 45.7 Å². The number of carbonyl (C=O) groups excluding carboxylic acids is 1. The van der Waals surface area contributed by atoms with Gasteiger partial charge in [0, 0.05) is 18.1 Å². The zero-order valence-corrected chi connectivity index (χ0v) is 13.1. The Bertz CT molecular complexity index is 461. The van der Waals surface area contributed by atoms with E-state index in [9.17, 15) is 4.79 Å². The summed E-state index contributed by atoms with van der Waals surface area (Å²) in [5.41, 5.74) is 1.05. The summed E-state index contributed by atoms with van der Waals surface area (Å²) >= 11 is 0. The molecule has 0 atom stereocenters. The number of pyridine rings is 1. The van der Waals surface area contributed by atoms with Crippen LogP contribution < -0.4 is 15.4 Å². The fraction of sp³-hybridized carbons (Fsp3) is 0.625. The summed E-state index contributed by atoms with van der Waals surface area (Å²) in [6, 6.07) is 4.25. The highest BCUT2D eigenvalue weighted by Gasteiger charge is 2.22. The third kappa shape index (κ3) is 6.58. The molecule has 21 heavy (non-hydrogen) atoms. The molecule has 0 saturated heterocycles. The van der Waals surface area contributed by atoms with E-state index in [2.05, 4.69) is 36.4 Å². The van der Waals surface area contributed by atoms with Crippen LogP contribution >= 0.6 is 0 Å². The maximum atomic E-state index is 11.5. The fourth-order valence-electron chi connectivity index (χ4n) is 1.75. The highest BCUT2D eigenvalue weighted by atomic mass is 16.5. The molecule has 0 spiro atoms. The summed E-state index contributed by atoms with van der Waals surface area (Å²) in [5.74, 6) is 0.769. The lowest BCUT2D eigenvalue weighted by atomic mass is 10.1. The molecule has 5 nitrogen and oxygen atoms in total. The molecule has 1 heterocycles. The van der Waals surface area contributed by atoms with E-state index in [4.69, 9.17) is 4.74 Å². The molecule has 1 aliphatic rings. The highest BCUT2D eigenvalue weighted by Crippen LogP contribution is 2.18. The van der Waals surface area contributed by atoms with E-state index in [0.29, 0.717) is 24.8 Å². The molecule has 1 amide bonds. The molecular formula is C16H25N3O2. The largest absolute Gasteiger partial charge is 0.491 e. The molecule has 2 N–H and O–H groups in total. The first-order valence-electron chi connectivity index (χ1n) is 7.54. The molecule has 0 unspecified atom stereocenters. The van der Waals surface area contributed by atoms with Crippen LogP contribution in [0.15, 0.2) is 18.3 Å². The first kappa shape index (κ1) is 15.8. The van der Waals surface area contributed by atoms with Crippen LogP contribution in [0.2, 0.25) is 0 Å². The van der Waals surface area contributed by atoms with E-state index in [1.165, 1.54) is 0 Å². The van der Waals surface area contributed by atoms with Crippen molar-refractivity contribution in [2.24, 2.45) is 0 Å². The zero-order chi connectivity index (χ0) is 15.3. The number of hydrogen-bond donors (Lipinski definition) is 2. The van der Waals surface area contributed by atoms with Crippen molar-refractivity contribution >= 4 is 5.91 Å². The van der Waals surface area contributed by atoms with Gasteiger partial charge in [0.15, 0.2) is 0 Å². The van der Waals surface area contributed by atoms with Crippen molar-refractivity contribution in [1.82, 2.24) is 15.6 Å². The Balaban J connectivity index is 1.68. The van der Waals surface area contributed by atoms with Crippen LogP contribution in [-0.4, -0.2) is 29.1 Å². The second-order valence-electron chi connectivity index (χ2n) is 6.53. The van der Waals surface area contributed by atoms with E-state index in [0.717, 1.165) is 25.1 Å². The third-order valence-corrected chi connectivity index (χ3v) is 3.14. The molecule has 0 bridgehead atoms. The molecule has 0 aliphatic heterocycles. The van der Waals surface area contributed by atoms with E-state index >= 15 is 0 Å². The van der Waals surface area contributed by atoms with Gasteiger partial charge in [-0.25, -0.2) is 0 Å². The average Bonchev–Trinajstić information content (AvgIpc) is 3.21. The predicted octanol–water partition coefficient (Wildman–Crippen LogP) is 2.02. The van der Waals surface area contributed by atoms with Crippen LogP contribution in [0, 0.1) is 0 Å². The first-order chi connectivity index (χ1) is 9.92. The Morgan fingerprint density at radius 1 is 1.38 bits per heavy atom. The minimum Gasteiger partial charge on any atom is -0.491 e. The standard InChI is InChI=1S/C16H25N3O2/c1-16(2,3)18-10-13-6-7-14(11-17-13)21-9-8-15(20)19-12-4-5-12/h6-7,11-12,18H,4-5,8-10H2,1-3H3,(H,19,20). The van der Waals surface area contributed by atoms with Crippen LogP contribution in [0.25, 0.3) is 0 Å². The van der Waals surface area contributed by atoms with Crippen molar-refractivity contribution < 1.29 is 9.53 Å². The van der Waals surface area contributed by atoms with Gasteiger partial charge in [-0.15, -0.1) is 0 Å². The number of rotatable bonds is 7. The Hall–Kier alpha value is -1.62. The molecule has 1 aromatic heterocycles. The molecule has 0 aromatic carbocycles. The summed E-state index contributed by atoms with van der Waals surface area (Å²) in [4.78, 5) is 15.9. The second-order valence-corrected chi connectivity index (χ2v) is 6.53. The van der Waals surface area contributed by atoms with E-state index in [1.54, 1.807) is 6.20 Å². The first-order valence-corrected chi connectivity index (χ1v) is 7.54. The maximum Gasteiger partial charge on any atom is 0.223 e. The minimum atomic E-state index is 0.0662. The van der Waals surface area contributed by atoms with Gasteiger partial charge in [0.2, 0.25) is 5.91 Å². The predicted molar refractivity (Wildman–Crippen MR) is 82.1 cm³/mol. The summed E-state index contributed by atoms with van der Waals surface area (Å²) in [6.45, 7) is 7.49. The van der Waals surface area contributed by atoms with Crippen LogP contribution in [0.4, 0.5) is 0 Å². The van der Waals surface area contributed by atoms with Crippen molar-refractivity contribution in [1.29, 1.82) is 0 Å². The van der Waals surface area contributed by atoms with Gasteiger partial charge >= 0.3 is 0 Å². The van der Waals surface area contributed by atoms with E-state index < -0.39 is 0 Å². The van der Waals surface area contributed by atoms with Crippen molar-refractivity contribution in [3.63, 3.8) is 0 Å². The Morgan fingerprint density at radius 2 is 2.14 bits per heavy atom. The number of aromatic nitrogens is 1. The molecule has 116 valence electrons. The fourth-order valence-corrected chi connectivity index (χ4v) is 1.75. The van der Waals surface area contributed by atoms with E-state index in [1.807, 2.05) is 12.1 Å². The topological polar surface area (TPSA) is 63.2 Å². The van der Waals surface area contributed by atoms with Gasteiger partial charge in [-0.2, -0.15) is 0 Å². The number of nitrogens with zero attached hydrogens (tertiary/aromatic N) is 1. The zero-order valence-electron chi connectivity index (χ0n) is 13.1. The van der Waals surface area contributed by atoms with Gasteiger partial charge in [0.1, 0.15) is 5.75 Å². The molecule has 1 fully saturated rings. The minimum absolute atomic E-state index is 0.0662. The van der Waals surface area contributed by atoms with Crippen molar-refractivity contribution in [3.8, 4) is 5.75 Å². The van der Waals surface area contributed by atoms with Crippen LogP contribution in [0.5, 0.6) is 5.75 Å². The second kappa shape index (κ2) is 6.89. The molecule has 1 aromatic rings. The van der Waals surface area contributed by atoms with Crippen LogP contribution in [-0.2, 0) is 11.3 Å². The summed E-state index contributed by atoms with van der Waals surface area (Å²) in [5, 5.41) is 6.32. The lowest BCUT2D eigenvalue weighted by Gasteiger charge is -2.20. The summed E-state index contributed by atoms with van der Waals surface area (Å²) in [6.07, 6.45) is 4.32. The monoisotopic (exact) mass is 291 g/mol.